The summed E-state index contributed by atoms with van der Waals surface area (Å²) in [5, 5.41) is 9.35. The zero-order valence-electron chi connectivity index (χ0n) is 14.9. The summed E-state index contributed by atoms with van der Waals surface area (Å²) < 4.78 is 5.17. The van der Waals surface area contributed by atoms with Gasteiger partial charge in [-0.25, -0.2) is 0 Å². The molecular formula is C18H22N8O. The van der Waals surface area contributed by atoms with Gasteiger partial charge in [0.2, 0.25) is 17.8 Å². The van der Waals surface area contributed by atoms with Gasteiger partial charge in [-0.2, -0.15) is 15.0 Å². The van der Waals surface area contributed by atoms with E-state index >= 15 is 0 Å². The number of nitrogen functional groups attached to an aromatic ring is 1. The molecule has 0 fully saturated rings. The molecule has 0 spiro atoms. The predicted octanol–water partition coefficient (Wildman–Crippen LogP) is 2.32. The normalized spacial score (nSPS) is 10.3. The van der Waals surface area contributed by atoms with E-state index in [-0.39, 0.29) is 0 Å². The summed E-state index contributed by atoms with van der Waals surface area (Å²) in [5.74, 6) is 1.95. The summed E-state index contributed by atoms with van der Waals surface area (Å²) in [4.78, 5) is 13.2. The summed E-state index contributed by atoms with van der Waals surface area (Å²) in [6.07, 6.45) is 0. The van der Waals surface area contributed by atoms with Crippen LogP contribution in [-0.4, -0.2) is 35.2 Å². The first-order valence-corrected chi connectivity index (χ1v) is 8.40. The number of anilines is 6. The maximum Gasteiger partial charge on any atom is 0.233 e. The predicted molar refractivity (Wildman–Crippen MR) is 108 cm³/mol. The maximum absolute atomic E-state index is 5.82. The fourth-order valence-electron chi connectivity index (χ4n) is 2.30. The Balaban J connectivity index is 1.84. The third-order valence-electron chi connectivity index (χ3n) is 3.55. The van der Waals surface area contributed by atoms with Gasteiger partial charge in [0.1, 0.15) is 5.75 Å². The van der Waals surface area contributed by atoms with Crippen molar-refractivity contribution >= 4 is 34.9 Å². The number of nitrogens with zero attached hydrogens (tertiary/aromatic N) is 3. The molecule has 0 atom stereocenters. The Kier molecular flexibility index (Phi) is 5.85. The molecule has 0 radical (unpaired) electrons. The van der Waals surface area contributed by atoms with Crippen molar-refractivity contribution in [2.45, 2.75) is 0 Å². The first-order chi connectivity index (χ1) is 13.2. The monoisotopic (exact) mass is 366 g/mol. The van der Waals surface area contributed by atoms with Gasteiger partial charge in [-0.15, -0.1) is 0 Å². The molecule has 3 rings (SSSR count). The van der Waals surface area contributed by atoms with E-state index in [2.05, 4.69) is 30.9 Å². The molecule has 140 valence electrons. The van der Waals surface area contributed by atoms with Crippen molar-refractivity contribution in [3.8, 4) is 5.75 Å². The Morgan fingerprint density at radius 2 is 1.56 bits per heavy atom. The molecule has 0 unspecified atom stereocenters. The van der Waals surface area contributed by atoms with Crippen LogP contribution in [0.15, 0.2) is 48.5 Å². The van der Waals surface area contributed by atoms with E-state index in [1.165, 1.54) is 0 Å². The quantitative estimate of drug-likeness (QED) is 0.380. The van der Waals surface area contributed by atoms with Crippen molar-refractivity contribution in [3.05, 3.63) is 48.5 Å². The van der Waals surface area contributed by atoms with Gasteiger partial charge in [0, 0.05) is 30.2 Å². The van der Waals surface area contributed by atoms with Crippen molar-refractivity contribution in [1.29, 1.82) is 0 Å². The topological polar surface area (TPSA) is 136 Å². The number of aromatic nitrogens is 3. The second-order valence-corrected chi connectivity index (χ2v) is 5.63. The molecule has 0 saturated carbocycles. The van der Waals surface area contributed by atoms with Crippen LogP contribution in [0.5, 0.6) is 5.75 Å². The molecule has 0 amide bonds. The molecule has 1 heterocycles. The van der Waals surface area contributed by atoms with Crippen LogP contribution in [0.4, 0.5) is 34.9 Å². The molecule has 0 bridgehead atoms. The van der Waals surface area contributed by atoms with Crippen molar-refractivity contribution in [2.24, 2.45) is 5.73 Å². The number of hydrogen-bond acceptors (Lipinski definition) is 9. The Morgan fingerprint density at radius 1 is 0.889 bits per heavy atom. The molecule has 0 saturated heterocycles. The summed E-state index contributed by atoms with van der Waals surface area (Å²) in [6, 6.07) is 14.8. The van der Waals surface area contributed by atoms with Crippen LogP contribution in [0.1, 0.15) is 0 Å². The molecule has 3 aromatic rings. The zero-order chi connectivity index (χ0) is 19.1. The Labute approximate surface area is 157 Å². The lowest BCUT2D eigenvalue weighted by Crippen LogP contribution is -2.16. The van der Waals surface area contributed by atoms with E-state index in [9.17, 15) is 0 Å². The lowest BCUT2D eigenvalue weighted by Gasteiger charge is -2.11. The number of hydrogen-bond donors (Lipinski definition) is 5. The summed E-state index contributed by atoms with van der Waals surface area (Å²) in [6.45, 7) is 1.01. The van der Waals surface area contributed by atoms with Crippen LogP contribution < -0.4 is 32.2 Å². The van der Waals surface area contributed by atoms with Gasteiger partial charge < -0.3 is 32.2 Å². The van der Waals surface area contributed by atoms with E-state index in [1.807, 2.05) is 42.5 Å². The van der Waals surface area contributed by atoms with Crippen LogP contribution in [0.25, 0.3) is 0 Å². The minimum atomic E-state index is 0.381. The molecule has 1 aromatic heterocycles. The highest BCUT2D eigenvalue weighted by atomic mass is 16.5. The van der Waals surface area contributed by atoms with Crippen LogP contribution in [0.3, 0.4) is 0 Å². The van der Waals surface area contributed by atoms with Crippen molar-refractivity contribution in [3.63, 3.8) is 0 Å². The highest BCUT2D eigenvalue weighted by Crippen LogP contribution is 2.21. The number of rotatable bonds is 8. The molecule has 27 heavy (non-hydrogen) atoms. The lowest BCUT2D eigenvalue weighted by atomic mass is 10.3. The van der Waals surface area contributed by atoms with Gasteiger partial charge in [-0.1, -0.05) is 6.07 Å². The van der Waals surface area contributed by atoms with E-state index in [0.29, 0.717) is 36.6 Å². The smallest absolute Gasteiger partial charge is 0.233 e. The summed E-state index contributed by atoms with van der Waals surface area (Å²) in [5.41, 5.74) is 13.6. The molecule has 9 nitrogen and oxygen atoms in total. The highest BCUT2D eigenvalue weighted by Gasteiger charge is 2.08. The third kappa shape index (κ3) is 5.19. The molecule has 9 heteroatoms. The molecule has 0 aliphatic heterocycles. The van der Waals surface area contributed by atoms with Crippen LogP contribution in [0.2, 0.25) is 0 Å². The second-order valence-electron chi connectivity index (χ2n) is 5.63. The number of methoxy groups -OCH3 is 1. The Hall–Kier alpha value is -3.59. The average Bonchev–Trinajstić information content (AvgIpc) is 2.67. The van der Waals surface area contributed by atoms with Gasteiger partial charge in [-0.05, 0) is 42.5 Å². The summed E-state index contributed by atoms with van der Waals surface area (Å²) in [7, 11) is 1.62. The SMILES string of the molecule is COc1ccc(Nc2nc(NCCN)nc(Nc3cccc(N)c3)n2)cc1. The number of nitrogens with one attached hydrogen (secondary N) is 3. The fourth-order valence-corrected chi connectivity index (χ4v) is 2.30. The minimum absolute atomic E-state index is 0.381. The molecule has 7 N–H and O–H groups in total. The first kappa shape index (κ1) is 18.2. The average molecular weight is 366 g/mol. The van der Waals surface area contributed by atoms with Crippen LogP contribution in [0, 0.1) is 0 Å². The van der Waals surface area contributed by atoms with Crippen LogP contribution >= 0.6 is 0 Å². The Morgan fingerprint density at radius 3 is 2.19 bits per heavy atom. The standard InChI is InChI=1S/C18H22N8O/c1-27-15-7-5-13(6-8-15)22-17-24-16(21-10-9-19)25-18(26-17)23-14-4-2-3-12(20)11-14/h2-8,11H,9-10,19-20H2,1H3,(H3,21,22,23,24,25,26). The van der Waals surface area contributed by atoms with Gasteiger partial charge in [-0.3, -0.25) is 0 Å². The van der Waals surface area contributed by atoms with Crippen LogP contribution in [-0.2, 0) is 0 Å². The molecule has 0 aliphatic carbocycles. The van der Waals surface area contributed by atoms with Crippen molar-refractivity contribution in [2.75, 3.05) is 41.9 Å². The minimum Gasteiger partial charge on any atom is -0.497 e. The summed E-state index contributed by atoms with van der Waals surface area (Å²) >= 11 is 0. The van der Waals surface area contributed by atoms with E-state index in [0.717, 1.165) is 17.1 Å². The number of benzene rings is 2. The number of ether oxygens (including phenoxy) is 1. The Bertz CT molecular complexity index is 885. The maximum atomic E-state index is 5.82. The molecular weight excluding hydrogens is 344 g/mol. The second kappa shape index (κ2) is 8.68. The third-order valence-corrected chi connectivity index (χ3v) is 3.55. The van der Waals surface area contributed by atoms with Gasteiger partial charge in [0.25, 0.3) is 0 Å². The van der Waals surface area contributed by atoms with E-state index in [1.54, 1.807) is 13.2 Å². The first-order valence-electron chi connectivity index (χ1n) is 8.40. The fraction of sp³-hybridized carbons (Fsp3) is 0.167. The molecule has 0 aliphatic rings. The van der Waals surface area contributed by atoms with Crippen molar-refractivity contribution < 1.29 is 4.74 Å². The van der Waals surface area contributed by atoms with Gasteiger partial charge in [0.15, 0.2) is 0 Å². The van der Waals surface area contributed by atoms with E-state index in [4.69, 9.17) is 16.2 Å². The number of nitrogens with two attached hydrogens (primary N) is 2. The van der Waals surface area contributed by atoms with E-state index < -0.39 is 0 Å². The molecule has 2 aromatic carbocycles. The largest absolute Gasteiger partial charge is 0.497 e. The van der Waals surface area contributed by atoms with Crippen molar-refractivity contribution in [1.82, 2.24) is 15.0 Å². The van der Waals surface area contributed by atoms with Gasteiger partial charge in [0.05, 0.1) is 7.11 Å². The van der Waals surface area contributed by atoms with Gasteiger partial charge >= 0.3 is 0 Å². The lowest BCUT2D eigenvalue weighted by molar-refractivity contribution is 0.415. The zero-order valence-corrected chi connectivity index (χ0v) is 14.9. The highest BCUT2D eigenvalue weighted by molar-refractivity contribution is 5.62.